The number of likely N-dealkylation sites (N-methyl/N-ethyl adjacent to an activating group) is 1. The molecule has 2 aromatic heterocycles. The summed E-state index contributed by atoms with van der Waals surface area (Å²) in [6, 6.07) is 8.24. The molecule has 6 heteroatoms. The summed E-state index contributed by atoms with van der Waals surface area (Å²) in [5.74, 6) is -0.0673. The number of fused-ring (bicyclic) bond motifs is 1. The monoisotopic (exact) mass is 369 g/mol. The number of nitrogens with zero attached hydrogens (tertiary/aromatic N) is 3. The van der Waals surface area contributed by atoms with Gasteiger partial charge in [0.25, 0.3) is 5.56 Å². The van der Waals surface area contributed by atoms with Crippen LogP contribution < -0.4 is 5.56 Å². The summed E-state index contributed by atoms with van der Waals surface area (Å²) in [7, 11) is 0. The molecule has 0 spiro atoms. The minimum Gasteiger partial charge on any atom is -0.342 e. The van der Waals surface area contributed by atoms with Crippen molar-refractivity contribution in [2.24, 2.45) is 0 Å². The van der Waals surface area contributed by atoms with Crippen LogP contribution in [0.3, 0.4) is 0 Å². The molecule has 0 aliphatic carbocycles. The van der Waals surface area contributed by atoms with E-state index < -0.39 is 0 Å². The van der Waals surface area contributed by atoms with Gasteiger partial charge in [-0.05, 0) is 31.4 Å². The molecule has 136 valence electrons. The number of thiophene rings is 1. The first-order chi connectivity index (χ1) is 12.6. The zero-order valence-corrected chi connectivity index (χ0v) is 16.2. The van der Waals surface area contributed by atoms with E-state index in [2.05, 4.69) is 24.0 Å². The minimum absolute atomic E-state index is 0.0213. The number of amides is 1. The predicted molar refractivity (Wildman–Crippen MR) is 107 cm³/mol. The van der Waals surface area contributed by atoms with Gasteiger partial charge in [0.15, 0.2) is 0 Å². The quantitative estimate of drug-likeness (QED) is 0.668. The van der Waals surface area contributed by atoms with Crippen molar-refractivity contribution >= 4 is 27.5 Å². The zero-order valence-electron chi connectivity index (χ0n) is 15.4. The van der Waals surface area contributed by atoms with Gasteiger partial charge >= 0.3 is 0 Å². The predicted octanol–water partition coefficient (Wildman–Crippen LogP) is 3.56. The van der Waals surface area contributed by atoms with E-state index in [0.29, 0.717) is 23.3 Å². The van der Waals surface area contributed by atoms with E-state index in [1.807, 2.05) is 31.4 Å². The molecular formula is C20H23N3O2S. The van der Waals surface area contributed by atoms with Gasteiger partial charge in [0, 0.05) is 24.0 Å². The second-order valence-electron chi connectivity index (χ2n) is 6.12. The molecule has 1 amide bonds. The van der Waals surface area contributed by atoms with Gasteiger partial charge in [0.05, 0.1) is 11.7 Å². The van der Waals surface area contributed by atoms with Crippen molar-refractivity contribution in [2.45, 2.75) is 33.7 Å². The van der Waals surface area contributed by atoms with E-state index in [1.165, 1.54) is 27.8 Å². The third-order valence-electron chi connectivity index (χ3n) is 4.66. The maximum Gasteiger partial charge on any atom is 0.263 e. The Bertz CT molecular complexity index is 969. The highest BCUT2D eigenvalue weighted by atomic mass is 32.1. The molecule has 26 heavy (non-hydrogen) atoms. The molecule has 3 aromatic rings. The minimum atomic E-state index is -0.161. The molecule has 0 fully saturated rings. The summed E-state index contributed by atoms with van der Waals surface area (Å²) in [4.78, 5) is 32.2. The van der Waals surface area contributed by atoms with Gasteiger partial charge in [-0.15, -0.1) is 11.3 Å². The number of rotatable bonds is 6. The Labute approximate surface area is 156 Å². The second kappa shape index (κ2) is 7.83. The Morgan fingerprint density at radius 3 is 2.46 bits per heavy atom. The average molecular weight is 369 g/mol. The van der Waals surface area contributed by atoms with E-state index in [-0.39, 0.29) is 18.0 Å². The van der Waals surface area contributed by atoms with Crippen molar-refractivity contribution in [2.75, 3.05) is 13.1 Å². The number of hydrogen-bond donors (Lipinski definition) is 0. The van der Waals surface area contributed by atoms with Crippen LogP contribution in [0, 0.1) is 0 Å². The Morgan fingerprint density at radius 1 is 1.15 bits per heavy atom. The van der Waals surface area contributed by atoms with Crippen LogP contribution in [-0.4, -0.2) is 33.4 Å². The highest BCUT2D eigenvalue weighted by molar-refractivity contribution is 7.17. The van der Waals surface area contributed by atoms with Crippen molar-refractivity contribution < 1.29 is 4.79 Å². The van der Waals surface area contributed by atoms with Crippen LogP contribution >= 0.6 is 11.3 Å². The van der Waals surface area contributed by atoms with Crippen molar-refractivity contribution in [3.05, 3.63) is 51.9 Å². The molecule has 0 aliphatic heterocycles. The molecular weight excluding hydrogens is 346 g/mol. The smallest absolute Gasteiger partial charge is 0.263 e. The van der Waals surface area contributed by atoms with Crippen LogP contribution in [-0.2, 0) is 17.8 Å². The molecule has 0 radical (unpaired) electrons. The lowest BCUT2D eigenvalue weighted by atomic mass is 10.0. The van der Waals surface area contributed by atoms with Gasteiger partial charge in [-0.1, -0.05) is 31.2 Å². The highest BCUT2D eigenvalue weighted by Gasteiger charge is 2.16. The first kappa shape index (κ1) is 18.3. The lowest BCUT2D eigenvalue weighted by molar-refractivity contribution is -0.131. The molecule has 0 saturated carbocycles. The summed E-state index contributed by atoms with van der Waals surface area (Å²) >= 11 is 1.46. The van der Waals surface area contributed by atoms with Crippen molar-refractivity contribution in [3.63, 3.8) is 0 Å². The number of aromatic nitrogens is 2. The summed E-state index contributed by atoms with van der Waals surface area (Å²) in [6.45, 7) is 7.27. The number of carbonyl (C=O) groups excluding carboxylic acids is 1. The number of hydrogen-bond acceptors (Lipinski definition) is 4. The van der Waals surface area contributed by atoms with E-state index in [1.54, 1.807) is 4.90 Å². The Morgan fingerprint density at radius 2 is 1.85 bits per heavy atom. The van der Waals surface area contributed by atoms with Crippen LogP contribution in [0.1, 0.15) is 26.3 Å². The van der Waals surface area contributed by atoms with Crippen molar-refractivity contribution in [3.8, 4) is 11.1 Å². The Balaban J connectivity index is 2.02. The van der Waals surface area contributed by atoms with Crippen LogP contribution in [0.4, 0.5) is 0 Å². The number of aryl methyl sites for hydroxylation is 1. The Hall–Kier alpha value is -2.47. The summed E-state index contributed by atoms with van der Waals surface area (Å²) < 4.78 is 1.42. The van der Waals surface area contributed by atoms with E-state index >= 15 is 0 Å². The molecule has 3 rings (SSSR count). The topological polar surface area (TPSA) is 55.2 Å². The van der Waals surface area contributed by atoms with Gasteiger partial charge < -0.3 is 4.90 Å². The van der Waals surface area contributed by atoms with Crippen LogP contribution in [0.2, 0.25) is 0 Å². The first-order valence-corrected chi connectivity index (χ1v) is 9.80. The molecule has 0 saturated heterocycles. The summed E-state index contributed by atoms with van der Waals surface area (Å²) in [5.41, 5.74) is 2.98. The number of carbonyl (C=O) groups is 1. The standard InChI is InChI=1S/C20H23N3O2S/c1-4-14-7-9-15(10-8-14)16-12-26-19-18(16)20(25)23(13-21-19)11-17(24)22(5-2)6-3/h7-10,12-13H,4-6,11H2,1-3H3. The number of benzene rings is 1. The lowest BCUT2D eigenvalue weighted by Gasteiger charge is -2.18. The van der Waals surface area contributed by atoms with Gasteiger partial charge in [-0.2, -0.15) is 0 Å². The fraction of sp³-hybridized carbons (Fsp3) is 0.350. The molecule has 2 heterocycles. The van der Waals surface area contributed by atoms with Gasteiger partial charge in [-0.25, -0.2) is 4.98 Å². The van der Waals surface area contributed by atoms with E-state index in [9.17, 15) is 9.59 Å². The molecule has 0 atom stereocenters. The summed E-state index contributed by atoms with van der Waals surface area (Å²) in [6.07, 6.45) is 2.46. The summed E-state index contributed by atoms with van der Waals surface area (Å²) in [5, 5.41) is 2.56. The van der Waals surface area contributed by atoms with Crippen molar-refractivity contribution in [1.82, 2.24) is 14.5 Å². The third kappa shape index (κ3) is 3.42. The van der Waals surface area contributed by atoms with E-state index in [4.69, 9.17) is 0 Å². The normalized spacial score (nSPS) is 11.0. The van der Waals surface area contributed by atoms with E-state index in [0.717, 1.165) is 17.5 Å². The fourth-order valence-electron chi connectivity index (χ4n) is 3.03. The highest BCUT2D eigenvalue weighted by Crippen LogP contribution is 2.30. The zero-order chi connectivity index (χ0) is 18.7. The maximum absolute atomic E-state index is 13.0. The lowest BCUT2D eigenvalue weighted by Crippen LogP contribution is -2.36. The molecule has 1 aromatic carbocycles. The van der Waals surface area contributed by atoms with Gasteiger partial charge in [0.1, 0.15) is 11.4 Å². The van der Waals surface area contributed by atoms with Crippen LogP contribution in [0.25, 0.3) is 21.3 Å². The molecule has 0 aliphatic rings. The molecule has 0 N–H and O–H groups in total. The Kier molecular flexibility index (Phi) is 5.52. The molecule has 0 unspecified atom stereocenters. The van der Waals surface area contributed by atoms with Crippen LogP contribution in [0.15, 0.2) is 40.8 Å². The fourth-order valence-corrected chi connectivity index (χ4v) is 3.94. The average Bonchev–Trinajstić information content (AvgIpc) is 3.10. The third-order valence-corrected chi connectivity index (χ3v) is 5.54. The second-order valence-corrected chi connectivity index (χ2v) is 6.98. The molecule has 0 bridgehead atoms. The van der Waals surface area contributed by atoms with Gasteiger partial charge in [0.2, 0.25) is 5.91 Å². The van der Waals surface area contributed by atoms with Crippen LogP contribution in [0.5, 0.6) is 0 Å². The SMILES string of the molecule is CCc1ccc(-c2csc3ncn(CC(=O)N(CC)CC)c(=O)c23)cc1. The van der Waals surface area contributed by atoms with Crippen molar-refractivity contribution in [1.29, 1.82) is 0 Å². The maximum atomic E-state index is 13.0. The largest absolute Gasteiger partial charge is 0.342 e. The molecule has 5 nitrogen and oxygen atoms in total. The first-order valence-electron chi connectivity index (χ1n) is 8.92. The van der Waals surface area contributed by atoms with Gasteiger partial charge in [-0.3, -0.25) is 14.2 Å².